The van der Waals surface area contributed by atoms with Crippen LogP contribution in [-0.2, 0) is 6.42 Å². The van der Waals surface area contributed by atoms with Crippen molar-refractivity contribution in [2.45, 2.75) is 18.9 Å². The Morgan fingerprint density at radius 3 is 2.56 bits per heavy atom. The van der Waals surface area contributed by atoms with Crippen molar-refractivity contribution in [1.82, 2.24) is 5.32 Å². The Balaban J connectivity index is 2.68. The summed E-state index contributed by atoms with van der Waals surface area (Å²) in [5.74, 6) is -0.211. The van der Waals surface area contributed by atoms with Crippen LogP contribution in [0.15, 0.2) is 36.9 Å². The maximum atomic E-state index is 12.8. The highest BCUT2D eigenvalue weighted by molar-refractivity contribution is 5.19. The fraction of sp³-hybridized carbons (Fsp3) is 0.385. The molecule has 0 saturated heterocycles. The fourth-order valence-electron chi connectivity index (χ4n) is 1.58. The van der Waals surface area contributed by atoms with Crippen LogP contribution in [0.4, 0.5) is 4.39 Å². The van der Waals surface area contributed by atoms with Crippen LogP contribution in [0.25, 0.3) is 0 Å². The van der Waals surface area contributed by atoms with Crippen LogP contribution in [0.5, 0.6) is 0 Å². The maximum absolute atomic E-state index is 12.8. The van der Waals surface area contributed by atoms with Gasteiger partial charge in [0.15, 0.2) is 0 Å². The van der Waals surface area contributed by atoms with Gasteiger partial charge in [-0.3, -0.25) is 0 Å². The molecule has 0 aliphatic carbocycles. The molecule has 0 radical (unpaired) electrons. The first-order valence-corrected chi connectivity index (χ1v) is 5.40. The molecule has 0 aliphatic heterocycles. The molecule has 0 aromatic heterocycles. The number of nitrogens with two attached hydrogens (primary N) is 1. The van der Waals surface area contributed by atoms with E-state index in [1.165, 1.54) is 12.1 Å². The molecule has 3 N–H and O–H groups in total. The molecule has 16 heavy (non-hydrogen) atoms. The Morgan fingerprint density at radius 1 is 1.44 bits per heavy atom. The van der Waals surface area contributed by atoms with Gasteiger partial charge < -0.3 is 11.1 Å². The standard InChI is InChI=1S/C13H19FN2/c1-3-8-16-13(2,10-15)9-11-4-6-12(14)7-5-11/h3-7,16H,1,8-10,15H2,2H3. The van der Waals surface area contributed by atoms with Gasteiger partial charge >= 0.3 is 0 Å². The number of hydrogen-bond acceptors (Lipinski definition) is 2. The molecule has 1 rings (SSSR count). The molecule has 0 amide bonds. The molecular formula is C13H19FN2. The zero-order chi connectivity index (χ0) is 12.0. The summed E-state index contributed by atoms with van der Waals surface area (Å²) in [4.78, 5) is 0. The van der Waals surface area contributed by atoms with Crippen molar-refractivity contribution in [3.05, 3.63) is 48.3 Å². The van der Waals surface area contributed by atoms with E-state index in [1.54, 1.807) is 18.2 Å². The van der Waals surface area contributed by atoms with E-state index in [1.807, 2.05) is 0 Å². The van der Waals surface area contributed by atoms with Crippen molar-refractivity contribution < 1.29 is 4.39 Å². The molecule has 0 bridgehead atoms. The van der Waals surface area contributed by atoms with E-state index in [9.17, 15) is 4.39 Å². The Morgan fingerprint density at radius 2 is 2.06 bits per heavy atom. The van der Waals surface area contributed by atoms with E-state index in [0.717, 1.165) is 18.5 Å². The van der Waals surface area contributed by atoms with Crippen LogP contribution in [0.1, 0.15) is 12.5 Å². The topological polar surface area (TPSA) is 38.0 Å². The second kappa shape index (κ2) is 5.77. The third kappa shape index (κ3) is 3.76. The third-order valence-electron chi connectivity index (χ3n) is 2.63. The summed E-state index contributed by atoms with van der Waals surface area (Å²) in [6, 6.07) is 6.53. The smallest absolute Gasteiger partial charge is 0.123 e. The van der Waals surface area contributed by atoms with E-state index in [0.29, 0.717) is 6.54 Å². The van der Waals surface area contributed by atoms with Gasteiger partial charge in [-0.15, -0.1) is 6.58 Å². The predicted molar refractivity (Wildman–Crippen MR) is 65.8 cm³/mol. The molecule has 0 aliphatic rings. The number of nitrogens with one attached hydrogen (secondary N) is 1. The summed E-state index contributed by atoms with van der Waals surface area (Å²) in [6.07, 6.45) is 2.58. The van der Waals surface area contributed by atoms with Crippen LogP contribution in [-0.4, -0.2) is 18.6 Å². The van der Waals surface area contributed by atoms with Crippen LogP contribution >= 0.6 is 0 Å². The highest BCUT2D eigenvalue weighted by Crippen LogP contribution is 2.12. The van der Waals surface area contributed by atoms with Crippen LogP contribution in [0.2, 0.25) is 0 Å². The molecule has 2 nitrogen and oxygen atoms in total. The summed E-state index contributed by atoms with van der Waals surface area (Å²) in [7, 11) is 0. The number of hydrogen-bond donors (Lipinski definition) is 2. The van der Waals surface area contributed by atoms with E-state index in [4.69, 9.17) is 5.73 Å². The molecule has 0 fully saturated rings. The number of benzene rings is 1. The van der Waals surface area contributed by atoms with Gasteiger partial charge in [-0.2, -0.15) is 0 Å². The summed E-state index contributed by atoms with van der Waals surface area (Å²) in [5.41, 5.74) is 6.66. The van der Waals surface area contributed by atoms with E-state index in [2.05, 4.69) is 18.8 Å². The first-order valence-electron chi connectivity index (χ1n) is 5.40. The minimum absolute atomic E-state index is 0.175. The normalized spacial score (nSPS) is 14.4. The Bertz CT molecular complexity index is 334. The van der Waals surface area contributed by atoms with E-state index in [-0.39, 0.29) is 11.4 Å². The van der Waals surface area contributed by atoms with Crippen molar-refractivity contribution in [2.75, 3.05) is 13.1 Å². The monoisotopic (exact) mass is 222 g/mol. The Hall–Kier alpha value is -1.19. The quantitative estimate of drug-likeness (QED) is 0.721. The van der Waals surface area contributed by atoms with E-state index >= 15 is 0 Å². The largest absolute Gasteiger partial charge is 0.329 e. The fourth-order valence-corrected chi connectivity index (χ4v) is 1.58. The lowest BCUT2D eigenvalue weighted by Gasteiger charge is -2.29. The average molecular weight is 222 g/mol. The van der Waals surface area contributed by atoms with Crippen molar-refractivity contribution in [2.24, 2.45) is 5.73 Å². The SMILES string of the molecule is C=CCNC(C)(CN)Cc1ccc(F)cc1. The molecule has 1 unspecified atom stereocenters. The van der Waals surface area contributed by atoms with Gasteiger partial charge in [-0.05, 0) is 31.0 Å². The third-order valence-corrected chi connectivity index (χ3v) is 2.63. The minimum atomic E-state index is -0.211. The second-order valence-electron chi connectivity index (χ2n) is 4.24. The average Bonchev–Trinajstić information content (AvgIpc) is 2.30. The van der Waals surface area contributed by atoms with Crippen molar-refractivity contribution in [3.63, 3.8) is 0 Å². The zero-order valence-electron chi connectivity index (χ0n) is 9.67. The molecule has 1 aromatic rings. The Kier molecular flexibility index (Phi) is 4.65. The molecule has 88 valence electrons. The number of rotatable bonds is 6. The van der Waals surface area contributed by atoms with Gasteiger partial charge in [0.2, 0.25) is 0 Å². The van der Waals surface area contributed by atoms with Gasteiger partial charge in [0, 0.05) is 18.6 Å². The summed E-state index contributed by atoms with van der Waals surface area (Å²) in [6.45, 7) is 6.96. The first-order chi connectivity index (χ1) is 7.59. The zero-order valence-corrected chi connectivity index (χ0v) is 9.67. The van der Waals surface area contributed by atoms with E-state index < -0.39 is 0 Å². The summed E-state index contributed by atoms with van der Waals surface area (Å²) in [5, 5.41) is 3.32. The highest BCUT2D eigenvalue weighted by atomic mass is 19.1. The van der Waals surface area contributed by atoms with Crippen LogP contribution < -0.4 is 11.1 Å². The molecule has 0 heterocycles. The molecular weight excluding hydrogens is 203 g/mol. The van der Waals surface area contributed by atoms with Gasteiger partial charge in [0.25, 0.3) is 0 Å². The van der Waals surface area contributed by atoms with Crippen LogP contribution in [0.3, 0.4) is 0 Å². The lowest BCUT2D eigenvalue weighted by molar-refractivity contribution is 0.378. The molecule has 1 atom stereocenters. The molecule has 1 aromatic carbocycles. The highest BCUT2D eigenvalue weighted by Gasteiger charge is 2.21. The van der Waals surface area contributed by atoms with Crippen molar-refractivity contribution in [1.29, 1.82) is 0 Å². The van der Waals surface area contributed by atoms with Gasteiger partial charge in [-0.1, -0.05) is 18.2 Å². The van der Waals surface area contributed by atoms with Gasteiger partial charge in [-0.25, -0.2) is 4.39 Å². The number of halogens is 1. The van der Waals surface area contributed by atoms with Crippen molar-refractivity contribution in [3.8, 4) is 0 Å². The molecule has 3 heteroatoms. The molecule has 0 spiro atoms. The summed E-state index contributed by atoms with van der Waals surface area (Å²) < 4.78 is 12.8. The first kappa shape index (κ1) is 12.9. The maximum Gasteiger partial charge on any atom is 0.123 e. The van der Waals surface area contributed by atoms with Gasteiger partial charge in [0.1, 0.15) is 5.82 Å². The molecule has 0 saturated carbocycles. The Labute approximate surface area is 96.4 Å². The van der Waals surface area contributed by atoms with Crippen LogP contribution in [0, 0.1) is 5.82 Å². The second-order valence-corrected chi connectivity index (χ2v) is 4.24. The minimum Gasteiger partial charge on any atom is -0.329 e. The predicted octanol–water partition coefficient (Wildman–Crippen LogP) is 1.86. The lowest BCUT2D eigenvalue weighted by atomic mass is 9.93. The lowest BCUT2D eigenvalue weighted by Crippen LogP contribution is -2.50. The van der Waals surface area contributed by atoms with Gasteiger partial charge in [0.05, 0.1) is 0 Å². The van der Waals surface area contributed by atoms with Crippen molar-refractivity contribution >= 4 is 0 Å². The summed E-state index contributed by atoms with van der Waals surface area (Å²) >= 11 is 0.